The van der Waals surface area contributed by atoms with Gasteiger partial charge in [-0.2, -0.15) is 5.26 Å². The summed E-state index contributed by atoms with van der Waals surface area (Å²) in [6.45, 7) is 8.66. The summed E-state index contributed by atoms with van der Waals surface area (Å²) in [6, 6.07) is 9.09. The van der Waals surface area contributed by atoms with Gasteiger partial charge in [0.05, 0.1) is 23.0 Å². The third-order valence-electron chi connectivity index (χ3n) is 6.36. The summed E-state index contributed by atoms with van der Waals surface area (Å²) >= 11 is 0. The van der Waals surface area contributed by atoms with E-state index < -0.39 is 0 Å². The van der Waals surface area contributed by atoms with E-state index in [2.05, 4.69) is 27.6 Å². The summed E-state index contributed by atoms with van der Waals surface area (Å²) in [5.41, 5.74) is 8.64. The number of carbonyl (C=O) groups is 1. The Balaban J connectivity index is 1.56. The van der Waals surface area contributed by atoms with Crippen molar-refractivity contribution in [2.45, 2.75) is 32.7 Å². The van der Waals surface area contributed by atoms with Crippen molar-refractivity contribution in [1.29, 1.82) is 5.26 Å². The minimum absolute atomic E-state index is 0.0962. The highest BCUT2D eigenvalue weighted by Crippen LogP contribution is 2.47. The van der Waals surface area contributed by atoms with Crippen molar-refractivity contribution >= 4 is 17.8 Å². The average molecular weight is 457 g/mol. The standard InChI is InChI=1S/C26H28N6O2/c1-16-5-7-23(18(3)29-10-4-9-27)25(30-16)26(33)32-14-21-11-20(21)12-22(32)15-34-24-8-6-19(13-28)17(2)31-24/h4-10,20-22H,3,11-12,14-15,27H2,1-2H3/b9-4-,29-10?/t20-,21+,22+/m1/s1. The number of pyridine rings is 2. The summed E-state index contributed by atoms with van der Waals surface area (Å²) in [6.07, 6.45) is 6.52. The lowest BCUT2D eigenvalue weighted by Crippen LogP contribution is -2.48. The van der Waals surface area contributed by atoms with E-state index in [-0.39, 0.29) is 11.9 Å². The van der Waals surface area contributed by atoms with Crippen LogP contribution in [0.15, 0.2) is 48.1 Å². The van der Waals surface area contributed by atoms with Gasteiger partial charge in [0.2, 0.25) is 5.88 Å². The first-order valence-corrected chi connectivity index (χ1v) is 11.3. The molecule has 1 amide bonds. The van der Waals surface area contributed by atoms with Crippen molar-refractivity contribution in [3.05, 3.63) is 71.3 Å². The second kappa shape index (κ2) is 9.87. The van der Waals surface area contributed by atoms with E-state index in [0.717, 1.165) is 18.5 Å². The lowest BCUT2D eigenvalue weighted by Gasteiger charge is -2.35. The second-order valence-corrected chi connectivity index (χ2v) is 8.77. The minimum Gasteiger partial charge on any atom is -0.475 e. The molecule has 1 aliphatic heterocycles. The summed E-state index contributed by atoms with van der Waals surface area (Å²) in [4.78, 5) is 28.9. The number of piperidine rings is 1. The molecule has 3 atom stereocenters. The van der Waals surface area contributed by atoms with Gasteiger partial charge in [0.1, 0.15) is 18.4 Å². The minimum atomic E-state index is -0.146. The quantitative estimate of drug-likeness (QED) is 0.638. The lowest BCUT2D eigenvalue weighted by atomic mass is 10.0. The van der Waals surface area contributed by atoms with Crippen molar-refractivity contribution in [3.63, 3.8) is 0 Å². The van der Waals surface area contributed by atoms with E-state index in [1.807, 2.05) is 24.0 Å². The Morgan fingerprint density at radius 2 is 2.12 bits per heavy atom. The number of aryl methyl sites for hydroxylation is 2. The Bertz CT molecular complexity index is 1210. The molecule has 8 heteroatoms. The zero-order chi connectivity index (χ0) is 24.2. The molecule has 2 fully saturated rings. The Kier molecular flexibility index (Phi) is 6.73. The summed E-state index contributed by atoms with van der Waals surface area (Å²) in [5, 5.41) is 9.12. The second-order valence-electron chi connectivity index (χ2n) is 8.77. The van der Waals surface area contributed by atoms with Crippen LogP contribution in [0.3, 0.4) is 0 Å². The SMILES string of the molecule is C=C(N=C/C=C\N)c1ccc(C)nc1C(=O)N1C[C@@H]2C[C@@H]2C[C@H]1COc1ccc(C#N)c(C)n1. The molecule has 0 spiro atoms. The van der Waals surface area contributed by atoms with E-state index in [9.17, 15) is 4.79 Å². The molecular weight excluding hydrogens is 428 g/mol. The molecule has 8 nitrogen and oxygen atoms in total. The van der Waals surface area contributed by atoms with E-state index in [1.165, 1.54) is 12.4 Å². The normalized spacial score (nSPS) is 21.3. The predicted octanol–water partition coefficient (Wildman–Crippen LogP) is 3.41. The molecular formula is C26H28N6O2. The van der Waals surface area contributed by atoms with Crippen molar-refractivity contribution in [3.8, 4) is 11.9 Å². The number of nitriles is 1. The fourth-order valence-electron chi connectivity index (χ4n) is 4.37. The maximum absolute atomic E-state index is 13.8. The number of likely N-dealkylation sites (tertiary alicyclic amines) is 1. The highest BCUT2D eigenvalue weighted by molar-refractivity contribution is 5.98. The Morgan fingerprint density at radius 1 is 1.29 bits per heavy atom. The predicted molar refractivity (Wildman–Crippen MR) is 130 cm³/mol. The highest BCUT2D eigenvalue weighted by atomic mass is 16.5. The van der Waals surface area contributed by atoms with Crippen LogP contribution in [0.25, 0.3) is 5.70 Å². The van der Waals surface area contributed by atoms with Crippen LogP contribution in [0.2, 0.25) is 0 Å². The third-order valence-corrected chi connectivity index (χ3v) is 6.36. The first-order valence-electron chi connectivity index (χ1n) is 11.3. The zero-order valence-corrected chi connectivity index (χ0v) is 19.4. The molecule has 34 heavy (non-hydrogen) atoms. The first-order chi connectivity index (χ1) is 16.4. The van der Waals surface area contributed by atoms with Crippen LogP contribution < -0.4 is 10.5 Å². The number of allylic oxidation sites excluding steroid dienone is 1. The van der Waals surface area contributed by atoms with Crippen LogP contribution >= 0.6 is 0 Å². The third kappa shape index (κ3) is 4.99. The van der Waals surface area contributed by atoms with Gasteiger partial charge < -0.3 is 15.4 Å². The number of aromatic nitrogens is 2. The van der Waals surface area contributed by atoms with Gasteiger partial charge in [-0.05, 0) is 69.0 Å². The van der Waals surface area contributed by atoms with Crippen molar-refractivity contribution < 1.29 is 9.53 Å². The van der Waals surface area contributed by atoms with Gasteiger partial charge in [-0.15, -0.1) is 0 Å². The number of aliphatic imine (C=N–C) groups is 1. The Hall–Kier alpha value is -3.99. The van der Waals surface area contributed by atoms with Crippen molar-refractivity contribution in [2.75, 3.05) is 13.2 Å². The molecule has 2 N–H and O–H groups in total. The largest absolute Gasteiger partial charge is 0.475 e. The van der Waals surface area contributed by atoms with Crippen molar-refractivity contribution in [1.82, 2.24) is 14.9 Å². The number of rotatable bonds is 7. The average Bonchev–Trinajstić information content (AvgIpc) is 3.60. The molecule has 2 aromatic heterocycles. The van der Waals surface area contributed by atoms with Gasteiger partial charge in [-0.25, -0.2) is 9.97 Å². The molecule has 3 heterocycles. The molecule has 174 valence electrons. The molecule has 0 unspecified atom stereocenters. The lowest BCUT2D eigenvalue weighted by molar-refractivity contribution is 0.0502. The number of amides is 1. The monoisotopic (exact) mass is 456 g/mol. The molecule has 1 saturated carbocycles. The van der Waals surface area contributed by atoms with Crippen LogP contribution in [0.1, 0.15) is 45.8 Å². The smallest absolute Gasteiger partial charge is 0.273 e. The number of nitrogens with two attached hydrogens (primary N) is 1. The van der Waals surface area contributed by atoms with Crippen LogP contribution in [0, 0.1) is 37.0 Å². The van der Waals surface area contributed by atoms with Crippen LogP contribution in [0.5, 0.6) is 5.88 Å². The number of hydrogen-bond donors (Lipinski definition) is 1. The van der Waals surface area contributed by atoms with E-state index in [0.29, 0.717) is 59.1 Å². The molecule has 2 aromatic rings. The van der Waals surface area contributed by atoms with Gasteiger partial charge in [0, 0.05) is 30.1 Å². The molecule has 0 aromatic carbocycles. The molecule has 1 saturated heterocycles. The fourth-order valence-corrected chi connectivity index (χ4v) is 4.37. The zero-order valence-electron chi connectivity index (χ0n) is 19.4. The van der Waals surface area contributed by atoms with E-state index in [1.54, 1.807) is 25.1 Å². The van der Waals surface area contributed by atoms with Crippen LogP contribution in [-0.2, 0) is 0 Å². The number of fused-ring (bicyclic) bond motifs is 1. The molecule has 2 aliphatic rings. The number of ether oxygens (including phenoxy) is 1. The highest BCUT2D eigenvalue weighted by Gasteiger charge is 2.47. The maximum Gasteiger partial charge on any atom is 0.273 e. The summed E-state index contributed by atoms with van der Waals surface area (Å²) < 4.78 is 5.98. The van der Waals surface area contributed by atoms with E-state index in [4.69, 9.17) is 15.7 Å². The number of carbonyl (C=O) groups excluding carboxylic acids is 1. The Morgan fingerprint density at radius 3 is 2.85 bits per heavy atom. The first kappa shape index (κ1) is 23.2. The van der Waals surface area contributed by atoms with Gasteiger partial charge in [0.15, 0.2) is 0 Å². The van der Waals surface area contributed by atoms with Gasteiger partial charge >= 0.3 is 0 Å². The fraction of sp³-hybridized carbons (Fsp3) is 0.346. The number of nitrogens with zero attached hydrogens (tertiary/aromatic N) is 5. The van der Waals surface area contributed by atoms with E-state index >= 15 is 0 Å². The molecule has 1 aliphatic carbocycles. The van der Waals surface area contributed by atoms with Gasteiger partial charge in [-0.3, -0.25) is 9.79 Å². The molecule has 4 rings (SSSR count). The topological polar surface area (TPSA) is 117 Å². The number of hydrogen-bond acceptors (Lipinski definition) is 7. The maximum atomic E-state index is 13.8. The Labute approximate surface area is 199 Å². The van der Waals surface area contributed by atoms with Gasteiger partial charge in [-0.1, -0.05) is 6.58 Å². The van der Waals surface area contributed by atoms with Crippen LogP contribution in [-0.4, -0.2) is 46.2 Å². The summed E-state index contributed by atoms with van der Waals surface area (Å²) in [7, 11) is 0. The molecule has 0 radical (unpaired) electrons. The van der Waals surface area contributed by atoms with Gasteiger partial charge in [0.25, 0.3) is 5.91 Å². The van der Waals surface area contributed by atoms with Crippen molar-refractivity contribution in [2.24, 2.45) is 22.6 Å². The summed E-state index contributed by atoms with van der Waals surface area (Å²) in [5.74, 6) is 1.46. The molecule has 0 bridgehead atoms. The van der Waals surface area contributed by atoms with Crippen LogP contribution in [0.4, 0.5) is 0 Å².